The summed E-state index contributed by atoms with van der Waals surface area (Å²) in [6.07, 6.45) is 1.95. The van der Waals surface area contributed by atoms with Crippen LogP contribution in [0.3, 0.4) is 0 Å². The van der Waals surface area contributed by atoms with Crippen molar-refractivity contribution >= 4 is 88.2 Å². The highest BCUT2D eigenvalue weighted by Gasteiger charge is 2.30. The fourth-order valence-electron chi connectivity index (χ4n) is 6.19. The van der Waals surface area contributed by atoms with Crippen molar-refractivity contribution in [3.63, 3.8) is 0 Å². The molecule has 0 aliphatic carbocycles. The Labute approximate surface area is 348 Å². The Balaban J connectivity index is 0.000000197. The number of carbonyl (C=O) groups excluding carboxylic acids is 2. The van der Waals surface area contributed by atoms with Gasteiger partial charge in [0, 0.05) is 46.7 Å². The zero-order valence-electron chi connectivity index (χ0n) is 33.0. The molecule has 16 nitrogen and oxygen atoms in total. The van der Waals surface area contributed by atoms with E-state index in [1.807, 2.05) is 36.4 Å². The first-order chi connectivity index (χ1) is 27.5. The zero-order chi connectivity index (χ0) is 41.5. The Kier molecular flexibility index (Phi) is 11.2. The lowest BCUT2D eigenvalue weighted by Crippen LogP contribution is -2.28. The third-order valence-electron chi connectivity index (χ3n) is 8.42. The maximum atomic E-state index is 13.4. The molecule has 0 bridgehead atoms. The topological polar surface area (TPSA) is 190 Å². The number of rotatable bonds is 6. The number of hydrogen-bond donors (Lipinski definition) is 2. The van der Waals surface area contributed by atoms with Gasteiger partial charge in [-0.2, -0.15) is 10.2 Å². The van der Waals surface area contributed by atoms with Gasteiger partial charge in [0.05, 0.1) is 46.1 Å². The van der Waals surface area contributed by atoms with Gasteiger partial charge in [-0.15, -0.1) is 4.68 Å². The summed E-state index contributed by atoms with van der Waals surface area (Å²) >= 11 is 6.88. The third-order valence-corrected chi connectivity index (χ3v) is 9.29. The van der Waals surface area contributed by atoms with E-state index in [-0.39, 0.29) is 17.2 Å². The van der Waals surface area contributed by atoms with Gasteiger partial charge in [-0.05, 0) is 97.7 Å². The molecular weight excluding hydrogens is 876 g/mol. The fraction of sp³-hybridized carbons (Fsp3) is 0.300. The number of aromatic amines is 2. The molecule has 0 aliphatic rings. The van der Waals surface area contributed by atoms with Crippen LogP contribution in [0.5, 0.6) is 0 Å². The number of benzene rings is 2. The average molecular weight is 917 g/mol. The van der Waals surface area contributed by atoms with Crippen molar-refractivity contribution in [3.05, 3.63) is 81.0 Å². The van der Waals surface area contributed by atoms with E-state index >= 15 is 0 Å². The van der Waals surface area contributed by atoms with Crippen LogP contribution in [0.2, 0.25) is 0 Å². The summed E-state index contributed by atoms with van der Waals surface area (Å²) in [5.41, 5.74) is 5.32. The van der Waals surface area contributed by atoms with Gasteiger partial charge in [0.2, 0.25) is 0 Å². The number of fused-ring (bicyclic) bond motifs is 4. The van der Waals surface area contributed by atoms with Gasteiger partial charge in [-0.3, -0.25) is 5.10 Å². The van der Waals surface area contributed by atoms with Crippen LogP contribution >= 0.6 is 31.9 Å². The molecule has 0 spiro atoms. The fourth-order valence-corrected chi connectivity index (χ4v) is 6.85. The number of imidazole rings is 2. The summed E-state index contributed by atoms with van der Waals surface area (Å²) in [6.45, 7) is 11.5. The van der Waals surface area contributed by atoms with Gasteiger partial charge < -0.3 is 23.9 Å². The Morgan fingerprint density at radius 2 is 1.40 bits per heavy atom. The molecule has 0 fully saturated rings. The van der Waals surface area contributed by atoms with Crippen LogP contribution in [0.15, 0.2) is 69.9 Å². The number of para-hydroxylation sites is 2. The minimum atomic E-state index is -0.752. The lowest BCUT2D eigenvalue weighted by atomic mass is 10.2. The number of ether oxygens (including phenoxy) is 4. The van der Waals surface area contributed by atoms with E-state index in [2.05, 4.69) is 62.1 Å². The van der Waals surface area contributed by atoms with E-state index in [0.717, 1.165) is 48.2 Å². The Morgan fingerprint density at radius 3 is 2.07 bits per heavy atom. The molecule has 0 saturated heterocycles. The van der Waals surface area contributed by atoms with Crippen LogP contribution < -0.4 is 0 Å². The van der Waals surface area contributed by atoms with Crippen molar-refractivity contribution in [2.45, 2.75) is 66.0 Å². The highest BCUT2D eigenvalue weighted by Crippen LogP contribution is 2.34. The molecule has 300 valence electrons. The van der Waals surface area contributed by atoms with Gasteiger partial charge in [-0.1, -0.05) is 24.3 Å². The summed E-state index contributed by atoms with van der Waals surface area (Å²) in [6, 6.07) is 15.2. The summed E-state index contributed by atoms with van der Waals surface area (Å²) in [5, 5.41) is 13.2. The van der Waals surface area contributed by atoms with E-state index < -0.39 is 23.4 Å². The maximum absolute atomic E-state index is 13.4. The van der Waals surface area contributed by atoms with Crippen LogP contribution in [-0.2, 0) is 32.2 Å². The second-order valence-electron chi connectivity index (χ2n) is 15.2. The largest absolute Gasteiger partial charge is 0.443 e. The van der Waals surface area contributed by atoms with Gasteiger partial charge in [0.15, 0.2) is 22.9 Å². The van der Waals surface area contributed by atoms with E-state index in [1.54, 1.807) is 80.3 Å². The summed E-state index contributed by atoms with van der Waals surface area (Å²) in [7, 11) is 3.27. The number of pyridine rings is 2. The molecule has 0 unspecified atom stereocenters. The quantitative estimate of drug-likeness (QED) is 0.161. The van der Waals surface area contributed by atoms with Gasteiger partial charge >= 0.3 is 12.2 Å². The third kappa shape index (κ3) is 8.36. The standard InChI is InChI=1S/C25H28BrN5O5.C15H12BrN5O/c1-24(2,3)35-22(32)30-17-10-8-9-14(13-34-7)18(17)28-21(30)19-16-11-15(26)12-27-20(16)31(29-19)23(33)36-25(4,5)6;1-22-7-8-3-2-4-11-12(8)19-15(18-11)13-10-5-9(16)6-17-14(10)21-20-13/h8-12H,13H2,1-7H3;2-6H,7H2,1H3,(H,18,19)(H,17,20,21). The number of nitrogens with zero attached hydrogens (tertiary/aromatic N) is 8. The molecule has 6 aromatic heterocycles. The lowest BCUT2D eigenvalue weighted by Gasteiger charge is -2.20. The minimum Gasteiger partial charge on any atom is -0.443 e. The number of carbonyl (C=O) groups is 2. The molecule has 2 N–H and O–H groups in total. The van der Waals surface area contributed by atoms with Crippen LogP contribution in [0, 0.1) is 0 Å². The van der Waals surface area contributed by atoms with Crippen LogP contribution in [0.25, 0.3) is 67.2 Å². The molecule has 0 saturated carbocycles. The Bertz CT molecular complexity index is 2830. The summed E-state index contributed by atoms with van der Waals surface area (Å²) < 4.78 is 25.8. The van der Waals surface area contributed by atoms with Gasteiger partial charge in [-0.25, -0.2) is 34.1 Å². The summed E-state index contributed by atoms with van der Waals surface area (Å²) in [4.78, 5) is 48.0. The van der Waals surface area contributed by atoms with Crippen molar-refractivity contribution in [1.29, 1.82) is 0 Å². The normalized spacial score (nSPS) is 12.0. The van der Waals surface area contributed by atoms with Crippen molar-refractivity contribution in [2.75, 3.05) is 14.2 Å². The van der Waals surface area contributed by atoms with Crippen molar-refractivity contribution in [2.24, 2.45) is 0 Å². The van der Waals surface area contributed by atoms with E-state index in [4.69, 9.17) is 28.9 Å². The minimum absolute atomic E-state index is 0.204. The number of H-pyrrole nitrogens is 2. The van der Waals surface area contributed by atoms with E-state index in [9.17, 15) is 9.59 Å². The number of methoxy groups -OCH3 is 2. The smallest absolute Gasteiger partial charge is 0.437 e. The first-order valence-corrected chi connectivity index (χ1v) is 19.6. The molecule has 2 aromatic carbocycles. The van der Waals surface area contributed by atoms with E-state index in [1.165, 1.54) is 4.57 Å². The molecule has 0 aliphatic heterocycles. The molecule has 8 aromatic rings. The molecule has 58 heavy (non-hydrogen) atoms. The maximum Gasteiger partial charge on any atom is 0.437 e. The Morgan fingerprint density at radius 1 is 0.776 bits per heavy atom. The molecular formula is C40H40Br2N10O6. The number of nitrogens with one attached hydrogen (secondary N) is 2. The monoisotopic (exact) mass is 914 g/mol. The molecule has 6 heterocycles. The molecule has 18 heteroatoms. The zero-order valence-corrected chi connectivity index (χ0v) is 36.1. The Hall–Kier alpha value is -5.56. The van der Waals surface area contributed by atoms with Crippen molar-refractivity contribution in [1.82, 2.24) is 49.5 Å². The molecule has 0 amide bonds. The first kappa shape index (κ1) is 40.6. The second kappa shape index (κ2) is 16.0. The van der Waals surface area contributed by atoms with Crippen molar-refractivity contribution < 1.29 is 28.5 Å². The number of halogens is 2. The lowest BCUT2D eigenvalue weighted by molar-refractivity contribution is 0.0519. The van der Waals surface area contributed by atoms with Gasteiger partial charge in [0.25, 0.3) is 0 Å². The average Bonchev–Trinajstić information content (AvgIpc) is 3.93. The predicted octanol–water partition coefficient (Wildman–Crippen LogP) is 9.33. The predicted molar refractivity (Wildman–Crippen MR) is 225 cm³/mol. The summed E-state index contributed by atoms with van der Waals surface area (Å²) in [5.74, 6) is 0.941. The SMILES string of the molecule is COCc1cccc2[nH]c(-c3[nH]nc4ncc(Br)cc34)nc12.COCc1cccc2c1nc(-c1nn(C(=O)OC(C)(C)C)c3ncc(Br)cc13)n2C(=O)OC(C)(C)C. The second-order valence-corrected chi connectivity index (χ2v) is 17.0. The van der Waals surface area contributed by atoms with E-state index in [0.29, 0.717) is 39.8 Å². The van der Waals surface area contributed by atoms with Crippen molar-refractivity contribution in [3.8, 4) is 23.0 Å². The molecule has 8 rings (SSSR count). The van der Waals surface area contributed by atoms with Crippen LogP contribution in [0.4, 0.5) is 9.59 Å². The van der Waals surface area contributed by atoms with Gasteiger partial charge in [0.1, 0.15) is 22.6 Å². The number of hydrogen-bond acceptors (Lipinski definition) is 12. The number of aromatic nitrogens is 10. The highest BCUT2D eigenvalue weighted by atomic mass is 79.9. The first-order valence-electron chi connectivity index (χ1n) is 18.0. The molecule has 0 radical (unpaired) electrons. The highest BCUT2D eigenvalue weighted by molar-refractivity contribution is 9.10. The van der Waals surface area contributed by atoms with Crippen LogP contribution in [0.1, 0.15) is 52.7 Å². The molecule has 0 atom stereocenters. The van der Waals surface area contributed by atoms with Crippen LogP contribution in [-0.4, -0.2) is 87.1 Å².